The molecule has 1 fully saturated rings. The average molecular weight is 481 g/mol. The highest BCUT2D eigenvalue weighted by atomic mass is 16.6. The fourth-order valence-electron chi connectivity index (χ4n) is 3.77. The number of hydrogen-bond donors (Lipinski definition) is 5. The van der Waals surface area contributed by atoms with E-state index in [0.29, 0.717) is 29.1 Å². The van der Waals surface area contributed by atoms with Crippen LogP contribution in [-0.4, -0.2) is 87.0 Å². The quantitative estimate of drug-likeness (QED) is 0.229. The highest BCUT2D eigenvalue weighted by molar-refractivity contribution is 5.93. The monoisotopic (exact) mass is 481 g/mol. The van der Waals surface area contributed by atoms with E-state index in [9.17, 15) is 20.1 Å². The first-order valence-electron chi connectivity index (χ1n) is 10.9. The first kappa shape index (κ1) is 22.8. The van der Waals surface area contributed by atoms with E-state index in [2.05, 4.69) is 35.7 Å². The van der Waals surface area contributed by atoms with Crippen molar-refractivity contribution >= 4 is 28.6 Å². The topological polar surface area (TPSA) is 185 Å². The number of amides is 1. The van der Waals surface area contributed by atoms with Crippen LogP contribution >= 0.6 is 0 Å². The van der Waals surface area contributed by atoms with Crippen molar-refractivity contribution in [2.75, 3.05) is 18.5 Å². The Kier molecular flexibility index (Phi) is 6.08. The number of imidazole rings is 1. The summed E-state index contributed by atoms with van der Waals surface area (Å²) >= 11 is 0. The lowest BCUT2D eigenvalue weighted by atomic mass is 10.1. The van der Waals surface area contributed by atoms with Crippen LogP contribution in [0.15, 0.2) is 43.2 Å². The number of carbonyl (C=O) groups is 1. The summed E-state index contributed by atoms with van der Waals surface area (Å²) in [6.07, 6.45) is 2.91. The van der Waals surface area contributed by atoms with E-state index < -0.39 is 31.1 Å². The van der Waals surface area contributed by atoms with Gasteiger partial charge in [0.05, 0.1) is 24.7 Å². The van der Waals surface area contributed by atoms with Crippen LogP contribution < -0.4 is 10.6 Å². The van der Waals surface area contributed by atoms with E-state index in [4.69, 9.17) is 4.74 Å². The molecule has 0 spiro atoms. The molecule has 14 heteroatoms. The Morgan fingerprint density at radius 3 is 2.71 bits per heavy atom. The van der Waals surface area contributed by atoms with Gasteiger partial charge >= 0.3 is 0 Å². The molecule has 5 rings (SSSR count). The number of hydrogen-bond acceptors (Lipinski definition) is 11. The van der Waals surface area contributed by atoms with Gasteiger partial charge in [0.15, 0.2) is 23.2 Å². The van der Waals surface area contributed by atoms with E-state index in [1.165, 1.54) is 28.0 Å². The average Bonchev–Trinajstić information content (AvgIpc) is 3.58. The van der Waals surface area contributed by atoms with Crippen molar-refractivity contribution in [3.63, 3.8) is 0 Å². The first-order valence-corrected chi connectivity index (χ1v) is 10.9. The molecule has 0 unspecified atom stereocenters. The van der Waals surface area contributed by atoms with E-state index in [0.717, 1.165) is 0 Å². The van der Waals surface area contributed by atoms with Crippen LogP contribution in [0.2, 0.25) is 0 Å². The summed E-state index contributed by atoms with van der Waals surface area (Å²) in [6, 6.07) is 3.50. The zero-order valence-electron chi connectivity index (χ0n) is 18.6. The minimum atomic E-state index is -1.33. The summed E-state index contributed by atoms with van der Waals surface area (Å²) in [5.74, 6) is 0.168. The second-order valence-corrected chi connectivity index (χ2v) is 7.82. The SMILES string of the molecule is CCNC(=O)c1cnn(-c2nc(Nc3ccncc3)c3ncn([C@@H]4O[C@H](CO)[C@@H](O)[C@H]4O)c3n2)c1. The Balaban J connectivity index is 1.61. The van der Waals surface area contributed by atoms with E-state index in [1.807, 2.05) is 6.92 Å². The molecule has 1 saturated heterocycles. The number of carbonyl (C=O) groups excluding carboxylic acids is 1. The van der Waals surface area contributed by atoms with Crippen LogP contribution in [0.5, 0.6) is 0 Å². The van der Waals surface area contributed by atoms with Crippen LogP contribution in [-0.2, 0) is 4.74 Å². The molecule has 14 nitrogen and oxygen atoms in total. The van der Waals surface area contributed by atoms with Gasteiger partial charge in [-0.2, -0.15) is 15.1 Å². The third kappa shape index (κ3) is 4.19. The standard InChI is InChI=1S/C21H23N9O5/c1-2-23-19(34)11-7-25-30(8-11)21-27-17(26-12-3-5-22-6-4-12)14-18(28-21)29(10-24-14)20-16(33)15(32)13(9-31)35-20/h3-8,10,13,15-16,20,31-33H,2,9H2,1H3,(H,23,34)(H,22,26,27,28)/t13-,15-,16-,20-/m1/s1. The van der Waals surface area contributed by atoms with Crippen LogP contribution in [0.1, 0.15) is 23.5 Å². The fourth-order valence-corrected chi connectivity index (χ4v) is 3.77. The lowest BCUT2D eigenvalue weighted by Crippen LogP contribution is -2.33. The van der Waals surface area contributed by atoms with Crippen molar-refractivity contribution in [1.82, 2.24) is 39.6 Å². The number of aliphatic hydroxyl groups excluding tert-OH is 3. The smallest absolute Gasteiger partial charge is 0.254 e. The largest absolute Gasteiger partial charge is 0.394 e. The van der Waals surface area contributed by atoms with E-state index in [1.54, 1.807) is 24.5 Å². The van der Waals surface area contributed by atoms with Gasteiger partial charge in [-0.05, 0) is 19.1 Å². The normalized spacial score (nSPS) is 21.9. The number of ether oxygens (including phenoxy) is 1. The Hall–Kier alpha value is -3.98. The van der Waals surface area contributed by atoms with Gasteiger partial charge in [0.1, 0.15) is 18.3 Å². The lowest BCUT2D eigenvalue weighted by Gasteiger charge is -2.17. The van der Waals surface area contributed by atoms with Gasteiger partial charge < -0.3 is 30.7 Å². The highest BCUT2D eigenvalue weighted by Crippen LogP contribution is 2.33. The number of aromatic nitrogens is 7. The summed E-state index contributed by atoms with van der Waals surface area (Å²) in [5.41, 5.74) is 1.66. The van der Waals surface area contributed by atoms with Crippen LogP contribution in [0.3, 0.4) is 0 Å². The number of aliphatic hydroxyl groups is 3. The van der Waals surface area contributed by atoms with Gasteiger partial charge in [-0.3, -0.25) is 14.3 Å². The minimum absolute atomic E-state index is 0.123. The molecule has 0 saturated carbocycles. The first-order chi connectivity index (χ1) is 17.0. The summed E-state index contributed by atoms with van der Waals surface area (Å²) in [4.78, 5) is 29.7. The second-order valence-electron chi connectivity index (χ2n) is 7.82. The van der Waals surface area contributed by atoms with Crippen LogP contribution in [0, 0.1) is 0 Å². The summed E-state index contributed by atoms with van der Waals surface area (Å²) < 4.78 is 8.46. The molecule has 4 atom stereocenters. The molecule has 1 aliphatic heterocycles. The molecular formula is C21H23N9O5. The lowest BCUT2D eigenvalue weighted by molar-refractivity contribution is -0.0511. The number of nitrogens with one attached hydrogen (secondary N) is 2. The molecule has 1 aliphatic rings. The fraction of sp³-hybridized carbons (Fsp3) is 0.333. The van der Waals surface area contributed by atoms with Crippen molar-refractivity contribution in [2.24, 2.45) is 0 Å². The maximum atomic E-state index is 12.2. The van der Waals surface area contributed by atoms with Crippen molar-refractivity contribution in [2.45, 2.75) is 31.5 Å². The zero-order valence-corrected chi connectivity index (χ0v) is 18.6. The molecule has 35 heavy (non-hydrogen) atoms. The van der Waals surface area contributed by atoms with Crippen molar-refractivity contribution in [1.29, 1.82) is 0 Å². The highest BCUT2D eigenvalue weighted by Gasteiger charge is 2.44. The van der Waals surface area contributed by atoms with E-state index in [-0.39, 0.29) is 17.5 Å². The number of nitrogens with zero attached hydrogens (tertiary/aromatic N) is 7. The van der Waals surface area contributed by atoms with Gasteiger partial charge in [-0.25, -0.2) is 9.67 Å². The van der Waals surface area contributed by atoms with Gasteiger partial charge in [-0.1, -0.05) is 0 Å². The maximum absolute atomic E-state index is 12.2. The summed E-state index contributed by atoms with van der Waals surface area (Å²) in [7, 11) is 0. The number of pyridine rings is 1. The Morgan fingerprint density at radius 2 is 2.00 bits per heavy atom. The molecule has 5 heterocycles. The minimum Gasteiger partial charge on any atom is -0.394 e. The predicted molar refractivity (Wildman–Crippen MR) is 121 cm³/mol. The molecule has 0 aromatic carbocycles. The molecule has 4 aromatic heterocycles. The van der Waals surface area contributed by atoms with Gasteiger partial charge in [0, 0.05) is 30.8 Å². The number of rotatable bonds is 7. The van der Waals surface area contributed by atoms with Crippen LogP contribution in [0.25, 0.3) is 17.1 Å². The van der Waals surface area contributed by atoms with E-state index >= 15 is 0 Å². The number of fused-ring (bicyclic) bond motifs is 1. The second kappa shape index (κ2) is 9.34. The zero-order chi connectivity index (χ0) is 24.5. The number of anilines is 2. The van der Waals surface area contributed by atoms with Crippen molar-refractivity contribution in [3.8, 4) is 5.95 Å². The Bertz CT molecular complexity index is 1340. The van der Waals surface area contributed by atoms with Crippen molar-refractivity contribution in [3.05, 3.63) is 48.8 Å². The molecule has 0 radical (unpaired) electrons. The molecule has 0 aliphatic carbocycles. The van der Waals surface area contributed by atoms with Gasteiger partial charge in [-0.15, -0.1) is 0 Å². The molecular weight excluding hydrogens is 458 g/mol. The third-order valence-electron chi connectivity index (χ3n) is 5.53. The van der Waals surface area contributed by atoms with Gasteiger partial charge in [0.25, 0.3) is 11.9 Å². The van der Waals surface area contributed by atoms with Gasteiger partial charge in [0.2, 0.25) is 0 Å². The molecule has 4 aromatic rings. The predicted octanol–water partition coefficient (Wildman–Crippen LogP) is -0.488. The van der Waals surface area contributed by atoms with Crippen molar-refractivity contribution < 1.29 is 24.9 Å². The molecule has 1 amide bonds. The Morgan fingerprint density at radius 1 is 1.20 bits per heavy atom. The molecule has 0 bridgehead atoms. The Labute approximate surface area is 198 Å². The summed E-state index contributed by atoms with van der Waals surface area (Å²) in [5, 5.41) is 40.3. The third-order valence-corrected chi connectivity index (χ3v) is 5.53. The van der Waals surface area contributed by atoms with Crippen LogP contribution in [0.4, 0.5) is 11.5 Å². The molecule has 182 valence electrons. The molecule has 5 N–H and O–H groups in total. The maximum Gasteiger partial charge on any atom is 0.254 e. The summed E-state index contributed by atoms with van der Waals surface area (Å²) in [6.45, 7) is 1.82.